The standard InChI is InChI=1S/C16H20N4S/c1-4-17-16(21)19-18-11-15-6-5-9-20(15)14-8-7-12(2)13(3)10-14/h5-11H,4H2,1-3H3,(H2,17,19,21)/b18-11-. The number of nitrogens with zero attached hydrogens (tertiary/aromatic N) is 2. The second-order valence-corrected chi connectivity index (χ2v) is 5.21. The Kier molecular flexibility index (Phi) is 5.11. The molecule has 0 aliphatic heterocycles. The Bertz CT molecular complexity index is 658. The third-order valence-electron chi connectivity index (χ3n) is 3.25. The molecular weight excluding hydrogens is 280 g/mol. The maximum absolute atomic E-state index is 5.06. The summed E-state index contributed by atoms with van der Waals surface area (Å²) in [6.07, 6.45) is 3.78. The van der Waals surface area contributed by atoms with Gasteiger partial charge in [-0.25, -0.2) is 0 Å². The van der Waals surface area contributed by atoms with Crippen molar-refractivity contribution in [2.75, 3.05) is 6.54 Å². The second-order valence-electron chi connectivity index (χ2n) is 4.80. The number of nitrogens with one attached hydrogen (secondary N) is 2. The molecule has 0 spiro atoms. The molecule has 0 radical (unpaired) electrons. The highest BCUT2D eigenvalue weighted by Gasteiger charge is 2.02. The van der Waals surface area contributed by atoms with Gasteiger partial charge in [0, 0.05) is 18.4 Å². The molecule has 0 unspecified atom stereocenters. The van der Waals surface area contributed by atoms with E-state index in [1.807, 2.05) is 25.3 Å². The summed E-state index contributed by atoms with van der Waals surface area (Å²) in [4.78, 5) is 0. The molecule has 110 valence electrons. The van der Waals surface area contributed by atoms with E-state index in [0.29, 0.717) is 5.11 Å². The van der Waals surface area contributed by atoms with Crippen LogP contribution in [0.25, 0.3) is 5.69 Å². The van der Waals surface area contributed by atoms with Crippen molar-refractivity contribution in [1.82, 2.24) is 15.3 Å². The molecule has 2 N–H and O–H groups in total. The molecule has 1 aromatic carbocycles. The van der Waals surface area contributed by atoms with Gasteiger partial charge in [0.2, 0.25) is 0 Å². The van der Waals surface area contributed by atoms with Gasteiger partial charge in [-0.05, 0) is 68.4 Å². The van der Waals surface area contributed by atoms with Crippen LogP contribution in [-0.2, 0) is 0 Å². The van der Waals surface area contributed by atoms with Gasteiger partial charge in [-0.3, -0.25) is 5.43 Å². The quantitative estimate of drug-likeness (QED) is 0.518. The summed E-state index contributed by atoms with van der Waals surface area (Å²) < 4.78 is 2.09. The zero-order valence-electron chi connectivity index (χ0n) is 12.6. The number of thiocarbonyl (C=S) groups is 1. The van der Waals surface area contributed by atoms with Crippen LogP contribution in [0.2, 0.25) is 0 Å². The number of hydrogen-bond donors (Lipinski definition) is 2. The van der Waals surface area contributed by atoms with E-state index in [4.69, 9.17) is 12.2 Å². The van der Waals surface area contributed by atoms with E-state index in [9.17, 15) is 0 Å². The van der Waals surface area contributed by atoms with Crippen LogP contribution in [0, 0.1) is 13.8 Å². The molecule has 4 nitrogen and oxygen atoms in total. The Hall–Kier alpha value is -2.14. The summed E-state index contributed by atoms with van der Waals surface area (Å²) in [5.74, 6) is 0. The van der Waals surface area contributed by atoms with Gasteiger partial charge in [0.15, 0.2) is 5.11 Å². The van der Waals surface area contributed by atoms with Gasteiger partial charge in [-0.1, -0.05) is 6.07 Å². The average molecular weight is 300 g/mol. The van der Waals surface area contributed by atoms with Crippen molar-refractivity contribution in [1.29, 1.82) is 0 Å². The molecule has 0 aliphatic carbocycles. The Balaban J connectivity index is 2.16. The number of hydrazone groups is 1. The number of benzene rings is 1. The fourth-order valence-corrected chi connectivity index (χ4v) is 2.16. The molecule has 0 saturated heterocycles. The molecule has 0 saturated carbocycles. The molecule has 0 amide bonds. The average Bonchev–Trinajstić information content (AvgIpc) is 2.91. The Morgan fingerprint density at radius 2 is 2.10 bits per heavy atom. The summed E-state index contributed by atoms with van der Waals surface area (Å²) >= 11 is 5.06. The first-order chi connectivity index (χ1) is 10.1. The minimum atomic E-state index is 0.526. The van der Waals surface area contributed by atoms with Crippen LogP contribution in [0.3, 0.4) is 0 Å². The molecule has 0 aliphatic rings. The SMILES string of the molecule is CCNC(=S)N/N=C\c1cccn1-c1ccc(C)c(C)c1. The van der Waals surface area contributed by atoms with E-state index in [0.717, 1.165) is 17.9 Å². The lowest BCUT2D eigenvalue weighted by Crippen LogP contribution is -2.31. The van der Waals surface area contributed by atoms with Crippen LogP contribution in [0.5, 0.6) is 0 Å². The molecule has 0 bridgehead atoms. The molecule has 2 rings (SSSR count). The lowest BCUT2D eigenvalue weighted by molar-refractivity contribution is 0.902. The Morgan fingerprint density at radius 1 is 1.29 bits per heavy atom. The van der Waals surface area contributed by atoms with Crippen molar-refractivity contribution in [3.63, 3.8) is 0 Å². The van der Waals surface area contributed by atoms with Gasteiger partial charge in [-0.2, -0.15) is 5.10 Å². The van der Waals surface area contributed by atoms with Crippen molar-refractivity contribution in [2.24, 2.45) is 5.10 Å². The maximum Gasteiger partial charge on any atom is 0.186 e. The van der Waals surface area contributed by atoms with E-state index in [2.05, 4.69) is 52.5 Å². The van der Waals surface area contributed by atoms with Crippen molar-refractivity contribution in [3.8, 4) is 5.69 Å². The summed E-state index contributed by atoms with van der Waals surface area (Å²) in [6, 6.07) is 10.4. The molecule has 1 aromatic heterocycles. The first-order valence-electron chi connectivity index (χ1n) is 6.93. The topological polar surface area (TPSA) is 41.4 Å². The van der Waals surface area contributed by atoms with Gasteiger partial charge in [-0.15, -0.1) is 0 Å². The largest absolute Gasteiger partial charge is 0.362 e. The van der Waals surface area contributed by atoms with E-state index in [1.54, 1.807) is 6.21 Å². The van der Waals surface area contributed by atoms with E-state index < -0.39 is 0 Å². The molecular formula is C16H20N4S. The van der Waals surface area contributed by atoms with Crippen molar-refractivity contribution >= 4 is 23.5 Å². The van der Waals surface area contributed by atoms with Gasteiger partial charge in [0.05, 0.1) is 11.9 Å². The van der Waals surface area contributed by atoms with Gasteiger partial charge in [0.1, 0.15) is 0 Å². The third kappa shape index (κ3) is 3.92. The summed E-state index contributed by atoms with van der Waals surface area (Å²) in [6.45, 7) is 7.00. The van der Waals surface area contributed by atoms with Gasteiger partial charge < -0.3 is 9.88 Å². The van der Waals surface area contributed by atoms with Crippen molar-refractivity contribution in [3.05, 3.63) is 53.3 Å². The normalized spacial score (nSPS) is 10.8. The van der Waals surface area contributed by atoms with E-state index in [1.165, 1.54) is 11.1 Å². The minimum absolute atomic E-state index is 0.526. The molecule has 0 fully saturated rings. The Labute approximate surface area is 130 Å². The molecule has 1 heterocycles. The van der Waals surface area contributed by atoms with Crippen LogP contribution in [-0.4, -0.2) is 22.4 Å². The number of hydrogen-bond acceptors (Lipinski definition) is 2. The molecule has 2 aromatic rings. The fourth-order valence-electron chi connectivity index (χ4n) is 1.97. The van der Waals surface area contributed by atoms with E-state index >= 15 is 0 Å². The minimum Gasteiger partial charge on any atom is -0.362 e. The monoisotopic (exact) mass is 300 g/mol. The van der Waals surface area contributed by atoms with Gasteiger partial charge in [0.25, 0.3) is 0 Å². The summed E-state index contributed by atoms with van der Waals surface area (Å²) in [7, 11) is 0. The smallest absolute Gasteiger partial charge is 0.186 e. The van der Waals surface area contributed by atoms with Crippen LogP contribution < -0.4 is 10.7 Å². The maximum atomic E-state index is 5.06. The van der Waals surface area contributed by atoms with E-state index in [-0.39, 0.29) is 0 Å². The van der Waals surface area contributed by atoms with Gasteiger partial charge >= 0.3 is 0 Å². The first-order valence-corrected chi connectivity index (χ1v) is 7.34. The van der Waals surface area contributed by atoms with Crippen molar-refractivity contribution < 1.29 is 0 Å². The zero-order valence-corrected chi connectivity index (χ0v) is 13.4. The number of rotatable bonds is 4. The lowest BCUT2D eigenvalue weighted by atomic mass is 10.1. The first kappa shape index (κ1) is 15.3. The van der Waals surface area contributed by atoms with Crippen LogP contribution in [0.1, 0.15) is 23.7 Å². The highest BCUT2D eigenvalue weighted by Crippen LogP contribution is 2.16. The second kappa shape index (κ2) is 7.04. The summed E-state index contributed by atoms with van der Waals surface area (Å²) in [5, 5.41) is 7.67. The predicted octanol–water partition coefficient (Wildman–Crippen LogP) is 2.91. The van der Waals surface area contributed by atoms with Crippen LogP contribution in [0.4, 0.5) is 0 Å². The van der Waals surface area contributed by atoms with Crippen LogP contribution >= 0.6 is 12.2 Å². The highest BCUT2D eigenvalue weighted by molar-refractivity contribution is 7.80. The number of aromatic nitrogens is 1. The lowest BCUT2D eigenvalue weighted by Gasteiger charge is -2.09. The predicted molar refractivity (Wildman–Crippen MR) is 92.2 cm³/mol. The highest BCUT2D eigenvalue weighted by atomic mass is 32.1. The molecule has 5 heteroatoms. The third-order valence-corrected chi connectivity index (χ3v) is 3.48. The zero-order chi connectivity index (χ0) is 15.2. The molecule has 21 heavy (non-hydrogen) atoms. The van der Waals surface area contributed by atoms with Crippen LogP contribution in [0.15, 0.2) is 41.6 Å². The van der Waals surface area contributed by atoms with Crippen molar-refractivity contribution in [2.45, 2.75) is 20.8 Å². The fraction of sp³-hybridized carbons (Fsp3) is 0.250. The Morgan fingerprint density at radius 3 is 2.81 bits per heavy atom. The number of aryl methyl sites for hydroxylation is 2. The molecule has 0 atom stereocenters. The summed E-state index contributed by atoms with van der Waals surface area (Å²) in [5.41, 5.74) is 7.48.